The topological polar surface area (TPSA) is 30.0 Å². The van der Waals surface area contributed by atoms with Gasteiger partial charge in [-0.2, -0.15) is 13.2 Å². The van der Waals surface area contributed by atoms with Crippen molar-refractivity contribution in [1.29, 1.82) is 0 Å². The number of alkyl halides is 3. The smallest absolute Gasteiger partial charge is 0.294 e. The molecule has 0 saturated carbocycles. The van der Waals surface area contributed by atoms with Crippen LogP contribution in [0.25, 0.3) is 11.1 Å². The van der Waals surface area contributed by atoms with E-state index < -0.39 is 17.5 Å². The number of hydrogen-bond acceptors (Lipinski definition) is 2. The van der Waals surface area contributed by atoms with Crippen LogP contribution in [-0.2, 0) is 6.18 Å². The third-order valence-electron chi connectivity index (χ3n) is 2.72. The van der Waals surface area contributed by atoms with Crippen molar-refractivity contribution in [2.24, 2.45) is 0 Å². The number of carbonyl (C=O) groups is 1. The van der Waals surface area contributed by atoms with E-state index in [1.165, 1.54) is 43.6 Å². The summed E-state index contributed by atoms with van der Waals surface area (Å²) < 4.78 is 39.2. The second kappa shape index (κ2) is 4.84. The van der Waals surface area contributed by atoms with E-state index >= 15 is 0 Å². The maximum Gasteiger partial charge on any atom is 0.417 e. The number of hydrogen-bond donors (Lipinski definition) is 0. The summed E-state index contributed by atoms with van der Waals surface area (Å²) in [5.41, 5.74) is -0.523. The minimum absolute atomic E-state index is 0.0565. The first-order chi connectivity index (χ1) is 8.91. The molecule has 0 N–H and O–H groups in total. The van der Waals surface area contributed by atoms with Gasteiger partial charge in [0, 0.05) is 23.5 Å². The van der Waals surface area contributed by atoms with Gasteiger partial charge in [0.25, 0.3) is 0 Å². The summed E-state index contributed by atoms with van der Waals surface area (Å²) in [5.74, 6) is -0.405. The van der Waals surface area contributed by atoms with Crippen LogP contribution >= 0.6 is 0 Å². The molecular formula is C14H10F3NO. The number of rotatable bonds is 2. The number of carbonyl (C=O) groups excluding carboxylic acids is 1. The lowest BCUT2D eigenvalue weighted by Crippen LogP contribution is -2.10. The number of ketones is 1. The van der Waals surface area contributed by atoms with Gasteiger partial charge in [0.05, 0.1) is 5.56 Å². The molecule has 0 spiro atoms. The lowest BCUT2D eigenvalue weighted by atomic mass is 9.93. The molecule has 1 aromatic carbocycles. The molecular weight excluding hydrogens is 255 g/mol. The van der Waals surface area contributed by atoms with Gasteiger partial charge in [0.15, 0.2) is 5.78 Å². The monoisotopic (exact) mass is 265 g/mol. The van der Waals surface area contributed by atoms with Gasteiger partial charge in [-0.3, -0.25) is 9.78 Å². The van der Waals surface area contributed by atoms with E-state index in [-0.39, 0.29) is 11.1 Å². The van der Waals surface area contributed by atoms with E-state index in [1.54, 1.807) is 0 Å². The van der Waals surface area contributed by atoms with E-state index in [2.05, 4.69) is 4.98 Å². The van der Waals surface area contributed by atoms with Crippen molar-refractivity contribution < 1.29 is 18.0 Å². The van der Waals surface area contributed by atoms with Crippen molar-refractivity contribution in [2.75, 3.05) is 0 Å². The molecule has 2 aromatic rings. The van der Waals surface area contributed by atoms with E-state index in [0.717, 1.165) is 6.07 Å². The van der Waals surface area contributed by atoms with Crippen LogP contribution in [0.2, 0.25) is 0 Å². The minimum Gasteiger partial charge on any atom is -0.294 e. The van der Waals surface area contributed by atoms with Crippen molar-refractivity contribution in [1.82, 2.24) is 4.98 Å². The van der Waals surface area contributed by atoms with Gasteiger partial charge in [0.2, 0.25) is 0 Å². The first-order valence-corrected chi connectivity index (χ1v) is 5.53. The third-order valence-corrected chi connectivity index (χ3v) is 2.72. The highest BCUT2D eigenvalue weighted by Gasteiger charge is 2.35. The molecule has 0 aliphatic heterocycles. The van der Waals surface area contributed by atoms with Crippen molar-refractivity contribution >= 4 is 5.78 Å². The largest absolute Gasteiger partial charge is 0.417 e. The Bertz CT molecular complexity index is 606. The fraction of sp³-hybridized carbons (Fsp3) is 0.143. The zero-order chi connectivity index (χ0) is 14.0. The average molecular weight is 265 g/mol. The number of aromatic nitrogens is 1. The highest BCUT2D eigenvalue weighted by atomic mass is 19.4. The Kier molecular flexibility index (Phi) is 3.38. The number of pyridine rings is 1. The standard InChI is InChI=1S/C14H10F3NO/c1-9(19)11-3-2-4-12(14(15,16)17)13(11)10-5-7-18-8-6-10/h2-8H,1H3. The molecule has 0 atom stereocenters. The van der Waals surface area contributed by atoms with Gasteiger partial charge in [-0.1, -0.05) is 12.1 Å². The highest BCUT2D eigenvalue weighted by Crippen LogP contribution is 2.38. The number of benzene rings is 1. The predicted molar refractivity (Wildman–Crippen MR) is 64.7 cm³/mol. The molecule has 0 saturated heterocycles. The van der Waals surface area contributed by atoms with Crippen LogP contribution < -0.4 is 0 Å². The quantitative estimate of drug-likeness (QED) is 0.769. The van der Waals surface area contributed by atoms with Crippen LogP contribution in [0, 0.1) is 0 Å². The van der Waals surface area contributed by atoms with E-state index in [0.29, 0.717) is 5.56 Å². The number of nitrogens with zero attached hydrogens (tertiary/aromatic N) is 1. The van der Waals surface area contributed by atoms with Crippen LogP contribution in [0.1, 0.15) is 22.8 Å². The normalized spacial score (nSPS) is 11.4. The third kappa shape index (κ3) is 2.65. The Labute approximate surface area is 107 Å². The second-order valence-electron chi connectivity index (χ2n) is 4.02. The lowest BCUT2D eigenvalue weighted by molar-refractivity contribution is -0.137. The summed E-state index contributed by atoms with van der Waals surface area (Å²) in [6, 6.07) is 6.52. The van der Waals surface area contributed by atoms with Gasteiger partial charge < -0.3 is 0 Å². The summed E-state index contributed by atoms with van der Waals surface area (Å²) in [4.78, 5) is 15.3. The molecule has 0 aliphatic carbocycles. The molecule has 19 heavy (non-hydrogen) atoms. The SMILES string of the molecule is CC(=O)c1cccc(C(F)(F)F)c1-c1ccncc1. The molecule has 0 unspecified atom stereocenters. The lowest BCUT2D eigenvalue weighted by Gasteiger charge is -2.15. The van der Waals surface area contributed by atoms with E-state index in [9.17, 15) is 18.0 Å². The number of halogens is 3. The van der Waals surface area contributed by atoms with Crippen molar-refractivity contribution in [3.8, 4) is 11.1 Å². The molecule has 0 bridgehead atoms. The van der Waals surface area contributed by atoms with Crippen molar-refractivity contribution in [3.63, 3.8) is 0 Å². The zero-order valence-electron chi connectivity index (χ0n) is 10.0. The summed E-state index contributed by atoms with van der Waals surface area (Å²) in [6.07, 6.45) is -1.72. The van der Waals surface area contributed by atoms with Crippen LogP contribution in [0.3, 0.4) is 0 Å². The molecule has 0 aliphatic rings. The van der Waals surface area contributed by atoms with Gasteiger partial charge in [0.1, 0.15) is 0 Å². The van der Waals surface area contributed by atoms with Crippen LogP contribution in [-0.4, -0.2) is 10.8 Å². The fourth-order valence-electron chi connectivity index (χ4n) is 1.91. The Hall–Kier alpha value is -2.17. The maximum absolute atomic E-state index is 13.1. The molecule has 1 aromatic heterocycles. The summed E-state index contributed by atoms with van der Waals surface area (Å²) in [7, 11) is 0. The fourth-order valence-corrected chi connectivity index (χ4v) is 1.91. The van der Waals surface area contributed by atoms with Gasteiger partial charge in [-0.25, -0.2) is 0 Å². The molecule has 0 radical (unpaired) electrons. The molecule has 98 valence electrons. The maximum atomic E-state index is 13.1. The average Bonchev–Trinajstić information content (AvgIpc) is 2.37. The molecule has 5 heteroatoms. The zero-order valence-corrected chi connectivity index (χ0v) is 10.0. The van der Waals surface area contributed by atoms with Crippen LogP contribution in [0.15, 0.2) is 42.7 Å². The second-order valence-corrected chi connectivity index (χ2v) is 4.02. The molecule has 0 fully saturated rings. The first-order valence-electron chi connectivity index (χ1n) is 5.53. The van der Waals surface area contributed by atoms with Gasteiger partial charge in [-0.05, 0) is 30.7 Å². The van der Waals surface area contributed by atoms with Crippen molar-refractivity contribution in [2.45, 2.75) is 13.1 Å². The number of Topliss-reactive ketones (excluding diaryl/α,β-unsaturated/α-hetero) is 1. The van der Waals surface area contributed by atoms with Crippen LogP contribution in [0.4, 0.5) is 13.2 Å². The van der Waals surface area contributed by atoms with Gasteiger partial charge >= 0.3 is 6.18 Å². The van der Waals surface area contributed by atoms with Crippen LogP contribution in [0.5, 0.6) is 0 Å². The molecule has 0 amide bonds. The highest BCUT2D eigenvalue weighted by molar-refractivity contribution is 6.01. The Morgan fingerprint density at radius 2 is 1.74 bits per heavy atom. The van der Waals surface area contributed by atoms with Gasteiger partial charge in [-0.15, -0.1) is 0 Å². The van der Waals surface area contributed by atoms with E-state index in [1.807, 2.05) is 0 Å². The Morgan fingerprint density at radius 3 is 2.26 bits per heavy atom. The Morgan fingerprint density at radius 1 is 1.11 bits per heavy atom. The Balaban J connectivity index is 2.78. The van der Waals surface area contributed by atoms with E-state index in [4.69, 9.17) is 0 Å². The van der Waals surface area contributed by atoms with Crippen molar-refractivity contribution in [3.05, 3.63) is 53.9 Å². The molecule has 2 rings (SSSR count). The first kappa shape index (κ1) is 13.3. The molecule has 1 heterocycles. The summed E-state index contributed by atoms with van der Waals surface area (Å²) in [6.45, 7) is 1.25. The summed E-state index contributed by atoms with van der Waals surface area (Å²) >= 11 is 0. The minimum atomic E-state index is -4.51. The summed E-state index contributed by atoms with van der Waals surface area (Å²) in [5, 5.41) is 0. The molecule has 2 nitrogen and oxygen atoms in total. The predicted octanol–water partition coefficient (Wildman–Crippen LogP) is 3.97.